The fraction of sp³-hybridized carbons (Fsp3) is 0.259. The quantitative estimate of drug-likeness (QED) is 0.413. The van der Waals surface area contributed by atoms with E-state index in [1.165, 1.54) is 0 Å². The molecule has 0 amide bonds. The van der Waals surface area contributed by atoms with Crippen molar-refractivity contribution in [2.45, 2.75) is 18.9 Å². The van der Waals surface area contributed by atoms with Gasteiger partial charge in [0, 0.05) is 23.4 Å². The van der Waals surface area contributed by atoms with E-state index in [4.69, 9.17) is 14.9 Å². The van der Waals surface area contributed by atoms with Gasteiger partial charge in [-0.05, 0) is 50.1 Å². The number of fused-ring (bicyclic) bond motifs is 4. The molecule has 6 nitrogen and oxygen atoms in total. The Morgan fingerprint density at radius 2 is 1.85 bits per heavy atom. The van der Waals surface area contributed by atoms with Gasteiger partial charge in [0.25, 0.3) is 0 Å². The van der Waals surface area contributed by atoms with Crippen molar-refractivity contribution in [3.8, 4) is 17.4 Å². The number of aromatic nitrogens is 2. The van der Waals surface area contributed by atoms with Gasteiger partial charge in [-0.1, -0.05) is 48.5 Å². The second-order valence-corrected chi connectivity index (χ2v) is 8.68. The molecule has 0 unspecified atom stereocenters. The van der Waals surface area contributed by atoms with Gasteiger partial charge in [0.1, 0.15) is 23.3 Å². The summed E-state index contributed by atoms with van der Waals surface area (Å²) in [6.07, 6.45) is 2.68. The lowest BCUT2D eigenvalue weighted by Gasteiger charge is -2.29. The number of nitrogens with zero attached hydrogens (tertiary/aromatic N) is 3. The van der Waals surface area contributed by atoms with E-state index in [-0.39, 0.29) is 5.92 Å². The van der Waals surface area contributed by atoms with E-state index in [0.717, 1.165) is 58.5 Å². The maximum atomic E-state index is 9.08. The van der Waals surface area contributed by atoms with E-state index in [1.54, 1.807) is 13.4 Å². The standard InChI is InChI=1S/C27H28N4O2/c1-30(2)15-6-16-31-17-29-27-24(26(31)28)23(19-9-12-20(32-3)13-10-19)22-14-11-18-7-4-5-8-21(18)25(22)33-27/h4-5,7-14,17,23,28H,6,15-16H2,1-3H3/t23-/m0/s1. The van der Waals surface area contributed by atoms with Gasteiger partial charge in [-0.25, -0.2) is 4.98 Å². The van der Waals surface area contributed by atoms with Crippen LogP contribution in [0.2, 0.25) is 0 Å². The molecule has 33 heavy (non-hydrogen) atoms. The maximum Gasteiger partial charge on any atom is 0.228 e. The Morgan fingerprint density at radius 3 is 2.61 bits per heavy atom. The van der Waals surface area contributed by atoms with Crippen LogP contribution in [0.25, 0.3) is 10.8 Å². The zero-order chi connectivity index (χ0) is 22.9. The normalized spacial score (nSPS) is 14.6. The number of nitrogens with one attached hydrogen (secondary N) is 1. The Morgan fingerprint density at radius 1 is 1.06 bits per heavy atom. The molecule has 0 aliphatic carbocycles. The fourth-order valence-electron chi connectivity index (χ4n) is 4.57. The molecule has 1 N–H and O–H groups in total. The van der Waals surface area contributed by atoms with Gasteiger partial charge in [0.2, 0.25) is 5.88 Å². The minimum Gasteiger partial charge on any atom is -0.497 e. The molecule has 1 aliphatic rings. The SMILES string of the molecule is COc1ccc([C@H]2c3ccc4ccccc4c3Oc3ncn(CCCN(C)C)c(=N)c32)cc1. The lowest BCUT2D eigenvalue weighted by Crippen LogP contribution is -2.30. The van der Waals surface area contributed by atoms with Crippen molar-refractivity contribution in [2.75, 3.05) is 27.7 Å². The van der Waals surface area contributed by atoms with Gasteiger partial charge in [-0.15, -0.1) is 0 Å². The van der Waals surface area contributed by atoms with Crippen molar-refractivity contribution in [3.63, 3.8) is 0 Å². The minimum absolute atomic E-state index is 0.152. The highest BCUT2D eigenvalue weighted by Gasteiger charge is 2.33. The molecule has 0 radical (unpaired) electrons. The average Bonchev–Trinajstić information content (AvgIpc) is 2.84. The molecule has 0 spiro atoms. The number of benzene rings is 3. The first-order chi connectivity index (χ1) is 16.1. The number of rotatable bonds is 6. The second-order valence-electron chi connectivity index (χ2n) is 8.68. The van der Waals surface area contributed by atoms with Crippen molar-refractivity contribution in [1.29, 1.82) is 5.41 Å². The number of ether oxygens (including phenoxy) is 2. The van der Waals surface area contributed by atoms with Gasteiger partial charge >= 0.3 is 0 Å². The van der Waals surface area contributed by atoms with E-state index in [2.05, 4.69) is 60.4 Å². The highest BCUT2D eigenvalue weighted by Crippen LogP contribution is 2.47. The van der Waals surface area contributed by atoms with Crippen LogP contribution in [-0.2, 0) is 6.54 Å². The Kier molecular flexibility index (Phi) is 5.60. The molecule has 4 aromatic rings. The predicted octanol–water partition coefficient (Wildman–Crippen LogP) is 4.76. The molecule has 1 aromatic heterocycles. The zero-order valence-electron chi connectivity index (χ0n) is 19.2. The summed E-state index contributed by atoms with van der Waals surface area (Å²) in [5.41, 5.74) is 3.37. The lowest BCUT2D eigenvalue weighted by molar-refractivity contribution is 0.379. The molecule has 0 fully saturated rings. The first kappa shape index (κ1) is 21.2. The van der Waals surface area contributed by atoms with Gasteiger partial charge < -0.3 is 18.9 Å². The van der Waals surface area contributed by atoms with Crippen LogP contribution in [0, 0.1) is 5.41 Å². The molecule has 168 valence electrons. The van der Waals surface area contributed by atoms with Crippen LogP contribution < -0.4 is 15.0 Å². The highest BCUT2D eigenvalue weighted by atomic mass is 16.5. The van der Waals surface area contributed by atoms with E-state index >= 15 is 0 Å². The summed E-state index contributed by atoms with van der Waals surface area (Å²) in [4.78, 5) is 6.83. The molecule has 0 bridgehead atoms. The summed E-state index contributed by atoms with van der Waals surface area (Å²) >= 11 is 0. The Hall–Kier alpha value is -3.64. The van der Waals surface area contributed by atoms with Crippen molar-refractivity contribution in [3.05, 3.63) is 89.2 Å². The van der Waals surface area contributed by atoms with Crippen LogP contribution in [0.3, 0.4) is 0 Å². The molecular formula is C27H28N4O2. The molecule has 1 aliphatic heterocycles. The van der Waals surface area contributed by atoms with Crippen molar-refractivity contribution >= 4 is 10.8 Å². The summed E-state index contributed by atoms with van der Waals surface area (Å²) in [5, 5.41) is 11.2. The Balaban J connectivity index is 1.68. The molecule has 5 rings (SSSR count). The number of hydrogen-bond donors (Lipinski definition) is 1. The van der Waals surface area contributed by atoms with E-state index in [1.807, 2.05) is 28.8 Å². The third kappa shape index (κ3) is 3.87. The van der Waals surface area contributed by atoms with Crippen LogP contribution >= 0.6 is 0 Å². The third-order valence-electron chi connectivity index (χ3n) is 6.25. The van der Waals surface area contributed by atoms with Gasteiger partial charge in [-0.3, -0.25) is 5.41 Å². The minimum atomic E-state index is -0.152. The van der Waals surface area contributed by atoms with E-state index in [9.17, 15) is 0 Å². The fourth-order valence-corrected chi connectivity index (χ4v) is 4.57. The molecule has 0 saturated heterocycles. The summed E-state index contributed by atoms with van der Waals surface area (Å²) in [6, 6.07) is 20.6. The van der Waals surface area contributed by atoms with Crippen LogP contribution in [0.1, 0.15) is 29.0 Å². The van der Waals surface area contributed by atoms with Gasteiger partial charge in [0.05, 0.1) is 12.7 Å². The average molecular weight is 441 g/mol. The molecule has 0 saturated carbocycles. The summed E-state index contributed by atoms with van der Waals surface area (Å²) in [7, 11) is 5.79. The zero-order valence-corrected chi connectivity index (χ0v) is 19.2. The van der Waals surface area contributed by atoms with Crippen LogP contribution in [0.5, 0.6) is 17.4 Å². The number of hydrogen-bond acceptors (Lipinski definition) is 5. The van der Waals surface area contributed by atoms with Crippen LogP contribution in [-0.4, -0.2) is 42.2 Å². The molecule has 3 aromatic carbocycles. The van der Waals surface area contributed by atoms with Crippen molar-refractivity contribution in [1.82, 2.24) is 14.5 Å². The Bertz CT molecular complexity index is 1360. The summed E-state index contributed by atoms with van der Waals surface area (Å²) < 4.78 is 13.7. The molecule has 2 heterocycles. The first-order valence-corrected chi connectivity index (χ1v) is 11.2. The predicted molar refractivity (Wildman–Crippen MR) is 129 cm³/mol. The number of methoxy groups -OCH3 is 1. The second kappa shape index (κ2) is 8.71. The molecule has 1 atom stereocenters. The third-order valence-corrected chi connectivity index (χ3v) is 6.25. The van der Waals surface area contributed by atoms with Gasteiger partial charge in [-0.2, -0.15) is 0 Å². The van der Waals surface area contributed by atoms with Gasteiger partial charge in [0.15, 0.2) is 0 Å². The number of aryl methyl sites for hydroxylation is 1. The van der Waals surface area contributed by atoms with E-state index in [0.29, 0.717) is 11.4 Å². The van der Waals surface area contributed by atoms with Crippen LogP contribution in [0.15, 0.2) is 67.0 Å². The Labute approximate surface area is 193 Å². The lowest BCUT2D eigenvalue weighted by atomic mass is 9.83. The summed E-state index contributed by atoms with van der Waals surface area (Å²) in [5.74, 6) is 1.98. The van der Waals surface area contributed by atoms with Crippen molar-refractivity contribution in [2.24, 2.45) is 0 Å². The molecular weight excluding hydrogens is 412 g/mol. The topological polar surface area (TPSA) is 63.4 Å². The largest absolute Gasteiger partial charge is 0.497 e. The summed E-state index contributed by atoms with van der Waals surface area (Å²) in [6.45, 7) is 1.69. The smallest absolute Gasteiger partial charge is 0.228 e. The first-order valence-electron chi connectivity index (χ1n) is 11.2. The van der Waals surface area contributed by atoms with Crippen molar-refractivity contribution < 1.29 is 9.47 Å². The maximum absolute atomic E-state index is 9.08. The molecule has 6 heteroatoms. The van der Waals surface area contributed by atoms with Crippen LogP contribution in [0.4, 0.5) is 0 Å². The monoisotopic (exact) mass is 440 g/mol. The van der Waals surface area contributed by atoms with E-state index < -0.39 is 0 Å². The highest BCUT2D eigenvalue weighted by molar-refractivity contribution is 5.91.